The van der Waals surface area contributed by atoms with Gasteiger partial charge in [-0.05, 0) is 29.7 Å². The van der Waals surface area contributed by atoms with Crippen LogP contribution in [0.3, 0.4) is 0 Å². The molecule has 0 amide bonds. The number of benzene rings is 2. The van der Waals surface area contributed by atoms with Gasteiger partial charge in [0, 0.05) is 30.9 Å². The highest BCUT2D eigenvalue weighted by Crippen LogP contribution is 2.26. The number of rotatable bonds is 8. The third-order valence-corrected chi connectivity index (χ3v) is 4.07. The third kappa shape index (κ3) is 4.91. The van der Waals surface area contributed by atoms with Crippen LogP contribution in [0.5, 0.6) is 5.75 Å². The molecule has 0 saturated carbocycles. The molecule has 1 atom stereocenters. The molecule has 1 unspecified atom stereocenters. The maximum Gasteiger partial charge on any atom is 0.115 e. The van der Waals surface area contributed by atoms with E-state index in [1.807, 2.05) is 18.2 Å². The molecule has 0 saturated heterocycles. The first kappa shape index (κ1) is 17.1. The van der Waals surface area contributed by atoms with Crippen LogP contribution in [0.4, 0.5) is 0 Å². The van der Waals surface area contributed by atoms with E-state index < -0.39 is 0 Å². The predicted octanol–water partition coefficient (Wildman–Crippen LogP) is 4.46. The zero-order valence-electron chi connectivity index (χ0n) is 12.5. The van der Waals surface area contributed by atoms with Gasteiger partial charge in [-0.25, -0.2) is 0 Å². The quantitative estimate of drug-likeness (QED) is 0.719. The second-order valence-corrected chi connectivity index (χ2v) is 5.97. The van der Waals surface area contributed by atoms with Gasteiger partial charge in [-0.2, -0.15) is 0 Å². The molecule has 2 rings (SSSR count). The molecule has 2 nitrogen and oxygen atoms in total. The van der Waals surface area contributed by atoms with E-state index in [9.17, 15) is 5.11 Å². The maximum absolute atomic E-state index is 9.44. The molecule has 0 spiro atoms. The normalized spacial score (nSPS) is 12.5. The maximum atomic E-state index is 9.44. The Hall–Kier alpha value is -1.22. The molecule has 2 aromatic rings. The summed E-state index contributed by atoms with van der Waals surface area (Å²) in [6.07, 6.45) is 0.859. The van der Waals surface area contributed by atoms with Gasteiger partial charge >= 0.3 is 0 Å². The Bertz CT molecular complexity index is 539. The molecule has 0 bridgehead atoms. The number of hydrogen-bond donors (Lipinski definition) is 1. The average Bonchev–Trinajstić information content (AvgIpc) is 2.55. The Morgan fingerprint density at radius 1 is 0.864 bits per heavy atom. The molecule has 1 N–H and O–H groups in total. The number of halogens is 2. The van der Waals surface area contributed by atoms with Crippen LogP contribution in [0.1, 0.15) is 17.2 Å². The second-order valence-electron chi connectivity index (χ2n) is 5.21. The van der Waals surface area contributed by atoms with E-state index >= 15 is 0 Å². The van der Waals surface area contributed by atoms with Crippen molar-refractivity contribution in [2.24, 2.45) is 0 Å². The van der Waals surface area contributed by atoms with Crippen LogP contribution in [-0.2, 0) is 6.42 Å². The molecule has 0 fully saturated rings. The summed E-state index contributed by atoms with van der Waals surface area (Å²) in [4.78, 5) is 2.32. The molecule has 22 heavy (non-hydrogen) atoms. The minimum Gasteiger partial charge on any atom is -0.508 e. The zero-order chi connectivity index (χ0) is 15.8. The topological polar surface area (TPSA) is 23.5 Å². The van der Waals surface area contributed by atoms with E-state index in [4.69, 9.17) is 23.2 Å². The van der Waals surface area contributed by atoms with Crippen molar-refractivity contribution in [3.8, 4) is 5.75 Å². The Kier molecular flexibility index (Phi) is 7.04. The molecule has 0 radical (unpaired) electrons. The summed E-state index contributed by atoms with van der Waals surface area (Å²) in [5, 5.41) is 9.44. The van der Waals surface area contributed by atoms with Crippen molar-refractivity contribution in [1.29, 1.82) is 0 Å². The van der Waals surface area contributed by atoms with Gasteiger partial charge in [0.15, 0.2) is 0 Å². The lowest BCUT2D eigenvalue weighted by atomic mass is 9.97. The van der Waals surface area contributed by atoms with Gasteiger partial charge in [-0.3, -0.25) is 4.90 Å². The first-order valence-electron chi connectivity index (χ1n) is 7.43. The monoisotopic (exact) mass is 337 g/mol. The van der Waals surface area contributed by atoms with Crippen LogP contribution < -0.4 is 0 Å². The average molecular weight is 338 g/mol. The van der Waals surface area contributed by atoms with Crippen molar-refractivity contribution in [2.75, 3.05) is 24.8 Å². The van der Waals surface area contributed by atoms with Crippen molar-refractivity contribution in [3.05, 3.63) is 65.7 Å². The van der Waals surface area contributed by atoms with Crippen molar-refractivity contribution < 1.29 is 5.11 Å². The lowest BCUT2D eigenvalue weighted by Gasteiger charge is -2.31. The number of hydrogen-bond acceptors (Lipinski definition) is 2. The molecule has 0 aliphatic rings. The highest BCUT2D eigenvalue weighted by atomic mass is 35.5. The minimum atomic E-state index is 0.225. The molecular weight excluding hydrogens is 317 g/mol. The van der Waals surface area contributed by atoms with E-state index in [-0.39, 0.29) is 6.04 Å². The number of aromatic hydroxyl groups is 1. The molecule has 0 aliphatic carbocycles. The van der Waals surface area contributed by atoms with E-state index in [2.05, 4.69) is 29.2 Å². The van der Waals surface area contributed by atoms with Gasteiger partial charge in [-0.1, -0.05) is 42.5 Å². The SMILES string of the molecule is Oc1ccc(CC(c2ccccc2)N(CCCl)CCCl)cc1. The fourth-order valence-corrected chi connectivity index (χ4v) is 3.06. The molecule has 0 aromatic heterocycles. The van der Waals surface area contributed by atoms with Gasteiger partial charge in [0.1, 0.15) is 5.75 Å². The van der Waals surface area contributed by atoms with Gasteiger partial charge in [0.2, 0.25) is 0 Å². The second kappa shape index (κ2) is 9.04. The lowest BCUT2D eigenvalue weighted by Crippen LogP contribution is -2.33. The van der Waals surface area contributed by atoms with E-state index in [0.717, 1.165) is 19.5 Å². The first-order chi connectivity index (χ1) is 10.7. The summed E-state index contributed by atoms with van der Waals surface area (Å²) in [6.45, 7) is 1.60. The number of alkyl halides is 2. The molecular formula is C18H21Cl2NO. The third-order valence-electron chi connectivity index (χ3n) is 3.73. The minimum absolute atomic E-state index is 0.225. The Labute approximate surface area is 142 Å². The summed E-state index contributed by atoms with van der Waals surface area (Å²) >= 11 is 11.9. The fraction of sp³-hybridized carbons (Fsp3) is 0.333. The molecule has 4 heteroatoms. The van der Waals surface area contributed by atoms with Crippen LogP contribution in [-0.4, -0.2) is 34.9 Å². The summed E-state index contributed by atoms with van der Waals surface area (Å²) < 4.78 is 0. The van der Waals surface area contributed by atoms with E-state index in [0.29, 0.717) is 17.5 Å². The number of phenols is 1. The van der Waals surface area contributed by atoms with Crippen LogP contribution >= 0.6 is 23.2 Å². The Morgan fingerprint density at radius 2 is 1.45 bits per heavy atom. The zero-order valence-corrected chi connectivity index (χ0v) is 14.0. The van der Waals surface area contributed by atoms with Crippen LogP contribution in [0.15, 0.2) is 54.6 Å². The van der Waals surface area contributed by atoms with Crippen LogP contribution in [0, 0.1) is 0 Å². The number of nitrogens with zero attached hydrogens (tertiary/aromatic N) is 1. The Balaban J connectivity index is 2.25. The van der Waals surface area contributed by atoms with Crippen molar-refractivity contribution in [2.45, 2.75) is 12.5 Å². The largest absolute Gasteiger partial charge is 0.508 e. The van der Waals surface area contributed by atoms with E-state index in [1.54, 1.807) is 12.1 Å². The first-order valence-corrected chi connectivity index (χ1v) is 8.50. The summed E-state index contributed by atoms with van der Waals surface area (Å²) in [7, 11) is 0. The standard InChI is InChI=1S/C18H21Cl2NO/c19-10-12-21(13-11-20)18(16-4-2-1-3-5-16)14-15-6-8-17(22)9-7-15/h1-9,18,22H,10-14H2. The van der Waals surface area contributed by atoms with Crippen molar-refractivity contribution in [3.63, 3.8) is 0 Å². The summed E-state index contributed by atoms with van der Waals surface area (Å²) in [6, 6.07) is 18.0. The molecule has 2 aromatic carbocycles. The van der Waals surface area contributed by atoms with Crippen molar-refractivity contribution >= 4 is 23.2 Å². The van der Waals surface area contributed by atoms with Gasteiger partial charge < -0.3 is 5.11 Å². The predicted molar refractivity (Wildman–Crippen MR) is 94.0 cm³/mol. The van der Waals surface area contributed by atoms with Crippen LogP contribution in [0.2, 0.25) is 0 Å². The van der Waals surface area contributed by atoms with E-state index in [1.165, 1.54) is 11.1 Å². The van der Waals surface area contributed by atoms with Gasteiger partial charge in [0.05, 0.1) is 0 Å². The highest BCUT2D eigenvalue weighted by molar-refractivity contribution is 6.18. The highest BCUT2D eigenvalue weighted by Gasteiger charge is 2.20. The molecule has 0 aliphatic heterocycles. The summed E-state index contributed by atoms with van der Waals surface area (Å²) in [5.41, 5.74) is 2.44. The van der Waals surface area contributed by atoms with Gasteiger partial charge in [0.25, 0.3) is 0 Å². The lowest BCUT2D eigenvalue weighted by molar-refractivity contribution is 0.220. The summed E-state index contributed by atoms with van der Waals surface area (Å²) in [5.74, 6) is 1.45. The van der Waals surface area contributed by atoms with Crippen LogP contribution in [0.25, 0.3) is 0 Å². The molecule has 118 valence electrons. The van der Waals surface area contributed by atoms with Gasteiger partial charge in [-0.15, -0.1) is 23.2 Å². The molecule has 0 heterocycles. The fourth-order valence-electron chi connectivity index (χ4n) is 2.63. The Morgan fingerprint density at radius 3 is 2.00 bits per heavy atom. The number of phenolic OH excluding ortho intramolecular Hbond substituents is 1. The van der Waals surface area contributed by atoms with Crippen molar-refractivity contribution in [1.82, 2.24) is 4.90 Å². The smallest absolute Gasteiger partial charge is 0.115 e.